The highest BCUT2D eigenvalue weighted by Gasteiger charge is 2.24. The van der Waals surface area contributed by atoms with Crippen molar-refractivity contribution >= 4 is 44.9 Å². The molecule has 11 heteroatoms. The first-order valence-electron chi connectivity index (χ1n) is 11.3. The summed E-state index contributed by atoms with van der Waals surface area (Å²) in [7, 11) is 0. The zero-order valence-corrected chi connectivity index (χ0v) is 20.8. The number of thiophene rings is 1. The van der Waals surface area contributed by atoms with Crippen molar-refractivity contribution in [1.29, 1.82) is 0 Å². The summed E-state index contributed by atoms with van der Waals surface area (Å²) in [5, 5.41) is 4.81. The van der Waals surface area contributed by atoms with Crippen LogP contribution in [0.5, 0.6) is 23.0 Å². The summed E-state index contributed by atoms with van der Waals surface area (Å²) in [6.07, 6.45) is 0.544. The second-order valence-electron chi connectivity index (χ2n) is 8.18. The number of amides is 1. The maximum absolute atomic E-state index is 13.4. The number of anilines is 1. The number of ether oxygens (including phenoxy) is 4. The summed E-state index contributed by atoms with van der Waals surface area (Å²) in [5.74, 6) is 2.38. The van der Waals surface area contributed by atoms with E-state index in [0.717, 1.165) is 5.56 Å². The fraction of sp³-hybridized carbons (Fsp3) is 0.240. The predicted molar refractivity (Wildman–Crippen MR) is 137 cm³/mol. The molecule has 4 aromatic rings. The van der Waals surface area contributed by atoms with Gasteiger partial charge >= 0.3 is 0 Å². The minimum Gasteiger partial charge on any atom is -0.454 e. The van der Waals surface area contributed by atoms with Crippen LogP contribution in [0.15, 0.2) is 57.8 Å². The number of thioether (sulfide) groups is 1. The Hall–Kier alpha value is -3.70. The number of benzene rings is 2. The molecule has 0 unspecified atom stereocenters. The van der Waals surface area contributed by atoms with Gasteiger partial charge in [-0.05, 0) is 47.7 Å². The number of carbonyl (C=O) groups excluding carboxylic acids is 1. The van der Waals surface area contributed by atoms with Gasteiger partial charge in [-0.25, -0.2) is 4.98 Å². The summed E-state index contributed by atoms with van der Waals surface area (Å²) in [5.41, 5.74) is 1.97. The SMILES string of the molecule is CC[C@H](Sc1nc2ccsc2c(=O)n1Cc1ccc2c(c1)OCO2)C(=O)Nc1ccc2c(c1)OCO2. The Kier molecular flexibility index (Phi) is 5.94. The molecule has 2 aliphatic heterocycles. The molecule has 0 spiro atoms. The van der Waals surface area contributed by atoms with Gasteiger partial charge in [0.15, 0.2) is 28.2 Å². The fourth-order valence-electron chi connectivity index (χ4n) is 4.02. The van der Waals surface area contributed by atoms with Crippen LogP contribution in [-0.2, 0) is 11.3 Å². The first-order chi connectivity index (χ1) is 17.6. The summed E-state index contributed by atoms with van der Waals surface area (Å²) in [6, 6.07) is 12.7. The smallest absolute Gasteiger partial charge is 0.272 e. The average molecular weight is 524 g/mol. The highest BCUT2D eigenvalue weighted by atomic mass is 32.2. The van der Waals surface area contributed by atoms with Crippen molar-refractivity contribution in [3.63, 3.8) is 0 Å². The van der Waals surface area contributed by atoms with E-state index in [1.165, 1.54) is 23.1 Å². The van der Waals surface area contributed by atoms with Crippen LogP contribution >= 0.6 is 23.1 Å². The van der Waals surface area contributed by atoms with Crippen LogP contribution in [-0.4, -0.2) is 34.3 Å². The standard InChI is InChI=1S/C25H21N3O6S2/c1-2-21(23(29)26-15-4-6-18-20(10-15)34-13-32-18)36-25-27-16-7-8-35-22(16)24(30)28(25)11-14-3-5-17-19(9-14)33-12-31-17/h3-10,21H,2,11-13H2,1H3,(H,26,29)/t21-/m0/s1. The number of aromatic nitrogens is 2. The normalized spacial score (nSPS) is 14.2. The number of fused-ring (bicyclic) bond motifs is 3. The van der Waals surface area contributed by atoms with Crippen molar-refractivity contribution < 1.29 is 23.7 Å². The van der Waals surface area contributed by atoms with Crippen molar-refractivity contribution in [2.45, 2.75) is 30.3 Å². The average Bonchev–Trinajstić information content (AvgIpc) is 3.64. The third kappa shape index (κ3) is 4.24. The van der Waals surface area contributed by atoms with Gasteiger partial charge in [0.1, 0.15) is 4.70 Å². The first-order valence-corrected chi connectivity index (χ1v) is 13.1. The molecule has 1 atom stereocenters. The molecular weight excluding hydrogens is 502 g/mol. The Morgan fingerprint density at radius 1 is 1.06 bits per heavy atom. The van der Waals surface area contributed by atoms with E-state index in [-0.39, 0.29) is 25.1 Å². The van der Waals surface area contributed by atoms with Crippen molar-refractivity contribution in [3.05, 3.63) is 63.8 Å². The van der Waals surface area contributed by atoms with Gasteiger partial charge in [0.05, 0.1) is 17.3 Å². The van der Waals surface area contributed by atoms with Crippen molar-refractivity contribution in [2.24, 2.45) is 0 Å². The Bertz CT molecular complexity index is 1530. The number of carbonyl (C=O) groups is 1. The molecule has 4 heterocycles. The molecule has 2 aromatic carbocycles. The first kappa shape index (κ1) is 22.7. The highest BCUT2D eigenvalue weighted by Crippen LogP contribution is 2.35. The minimum atomic E-state index is -0.471. The van der Waals surface area contributed by atoms with E-state index in [1.807, 2.05) is 36.6 Å². The van der Waals surface area contributed by atoms with Crippen LogP contribution in [0.4, 0.5) is 5.69 Å². The lowest BCUT2D eigenvalue weighted by molar-refractivity contribution is -0.115. The third-order valence-corrected chi connectivity index (χ3v) is 8.11. The lowest BCUT2D eigenvalue weighted by atomic mass is 10.2. The zero-order chi connectivity index (χ0) is 24.6. The van der Waals surface area contributed by atoms with Crippen molar-refractivity contribution in [2.75, 3.05) is 18.9 Å². The monoisotopic (exact) mass is 523 g/mol. The second-order valence-corrected chi connectivity index (χ2v) is 10.3. The molecule has 0 aliphatic carbocycles. The van der Waals surface area contributed by atoms with Crippen LogP contribution in [0, 0.1) is 0 Å². The molecule has 36 heavy (non-hydrogen) atoms. The quantitative estimate of drug-likeness (QED) is 0.280. The number of hydrogen-bond donors (Lipinski definition) is 1. The van der Waals surface area contributed by atoms with Gasteiger partial charge in [-0.15, -0.1) is 11.3 Å². The highest BCUT2D eigenvalue weighted by molar-refractivity contribution is 8.00. The number of nitrogens with zero attached hydrogens (tertiary/aromatic N) is 2. The fourth-order valence-corrected chi connectivity index (χ4v) is 5.81. The van der Waals surface area contributed by atoms with E-state index >= 15 is 0 Å². The number of nitrogens with one attached hydrogen (secondary N) is 1. The molecule has 1 N–H and O–H groups in total. The number of hydrogen-bond acceptors (Lipinski definition) is 9. The molecule has 6 rings (SSSR count). The molecule has 184 valence electrons. The minimum absolute atomic E-state index is 0.138. The van der Waals surface area contributed by atoms with E-state index in [1.54, 1.807) is 22.8 Å². The van der Waals surface area contributed by atoms with Crippen molar-refractivity contribution in [3.8, 4) is 23.0 Å². The van der Waals surface area contributed by atoms with Crippen LogP contribution < -0.4 is 29.8 Å². The van der Waals surface area contributed by atoms with E-state index in [2.05, 4.69) is 5.32 Å². The second kappa shape index (κ2) is 9.40. The molecule has 0 saturated carbocycles. The Balaban J connectivity index is 1.29. The molecule has 0 fully saturated rings. The molecule has 2 aliphatic rings. The van der Waals surface area contributed by atoms with Gasteiger partial charge in [-0.3, -0.25) is 14.2 Å². The molecule has 0 bridgehead atoms. The maximum atomic E-state index is 13.4. The third-order valence-electron chi connectivity index (χ3n) is 5.86. The number of rotatable bonds is 7. The summed E-state index contributed by atoms with van der Waals surface area (Å²) in [6.45, 7) is 2.57. The van der Waals surface area contributed by atoms with Gasteiger partial charge in [0, 0.05) is 11.8 Å². The largest absolute Gasteiger partial charge is 0.454 e. The van der Waals surface area contributed by atoms with Crippen LogP contribution in [0.2, 0.25) is 0 Å². The molecule has 1 amide bonds. The Labute approximate surface area is 214 Å². The molecule has 9 nitrogen and oxygen atoms in total. The zero-order valence-electron chi connectivity index (χ0n) is 19.2. The van der Waals surface area contributed by atoms with Crippen LogP contribution in [0.25, 0.3) is 10.2 Å². The van der Waals surface area contributed by atoms with E-state index in [9.17, 15) is 9.59 Å². The van der Waals surface area contributed by atoms with Gasteiger partial charge in [0.25, 0.3) is 5.56 Å². The Morgan fingerprint density at radius 3 is 2.56 bits per heavy atom. The van der Waals surface area contributed by atoms with Gasteiger partial charge < -0.3 is 24.3 Å². The summed E-state index contributed by atoms with van der Waals surface area (Å²) >= 11 is 2.64. The molecule has 2 aromatic heterocycles. The topological polar surface area (TPSA) is 101 Å². The van der Waals surface area contributed by atoms with E-state index < -0.39 is 5.25 Å². The van der Waals surface area contributed by atoms with Crippen LogP contribution in [0.3, 0.4) is 0 Å². The molecule has 0 saturated heterocycles. The Morgan fingerprint density at radius 2 is 1.78 bits per heavy atom. The lowest BCUT2D eigenvalue weighted by Crippen LogP contribution is -2.28. The van der Waals surface area contributed by atoms with Crippen LogP contribution in [0.1, 0.15) is 18.9 Å². The van der Waals surface area contributed by atoms with Gasteiger partial charge in [-0.1, -0.05) is 24.8 Å². The summed E-state index contributed by atoms with van der Waals surface area (Å²) < 4.78 is 23.8. The van der Waals surface area contributed by atoms with E-state index in [0.29, 0.717) is 57.0 Å². The van der Waals surface area contributed by atoms with Crippen molar-refractivity contribution in [1.82, 2.24) is 9.55 Å². The maximum Gasteiger partial charge on any atom is 0.272 e. The van der Waals surface area contributed by atoms with Gasteiger partial charge in [0.2, 0.25) is 19.5 Å². The molecule has 0 radical (unpaired) electrons. The predicted octanol–water partition coefficient (Wildman–Crippen LogP) is 4.47. The molecular formula is C25H21N3O6S2. The van der Waals surface area contributed by atoms with Gasteiger partial charge in [-0.2, -0.15) is 0 Å². The van der Waals surface area contributed by atoms with E-state index in [4.69, 9.17) is 23.9 Å². The summed E-state index contributed by atoms with van der Waals surface area (Å²) in [4.78, 5) is 31.4. The lowest BCUT2D eigenvalue weighted by Gasteiger charge is -2.18.